The molecule has 0 saturated heterocycles. The van der Waals surface area contributed by atoms with Gasteiger partial charge in [0.15, 0.2) is 0 Å². The average molecular weight is 473 g/mol. The lowest BCUT2D eigenvalue weighted by molar-refractivity contribution is 0.259. The topological polar surface area (TPSA) is 77.6 Å². The van der Waals surface area contributed by atoms with Gasteiger partial charge in [-0.25, -0.2) is 0 Å². The van der Waals surface area contributed by atoms with Gasteiger partial charge >= 0.3 is 0 Å². The number of ether oxygens (including phenoxy) is 2. The van der Waals surface area contributed by atoms with E-state index in [1.807, 2.05) is 54.6 Å². The van der Waals surface area contributed by atoms with E-state index in [4.69, 9.17) is 13.9 Å². The SMILES string of the molecule is C=CCc1ccc(O)c(-c2ccc3c(c2)C[C@@H](CSc2nnc(-c4ccccc4OC)o2)O3)c1. The van der Waals surface area contributed by atoms with Crippen LogP contribution in [0.25, 0.3) is 22.6 Å². The number of rotatable bonds is 8. The van der Waals surface area contributed by atoms with Crippen LogP contribution in [-0.2, 0) is 12.8 Å². The van der Waals surface area contributed by atoms with Crippen LogP contribution in [0.2, 0.25) is 0 Å². The van der Waals surface area contributed by atoms with Crippen molar-refractivity contribution in [3.05, 3.63) is 84.4 Å². The summed E-state index contributed by atoms with van der Waals surface area (Å²) in [5.74, 6) is 2.93. The first-order valence-corrected chi connectivity index (χ1v) is 12.0. The number of nitrogens with zero attached hydrogens (tertiary/aromatic N) is 2. The number of para-hydroxylation sites is 1. The monoisotopic (exact) mass is 472 g/mol. The Bertz CT molecular complexity index is 1330. The number of thioether (sulfide) groups is 1. The smallest absolute Gasteiger partial charge is 0.276 e. The van der Waals surface area contributed by atoms with E-state index >= 15 is 0 Å². The third-order valence-corrected chi connectivity index (χ3v) is 6.64. The van der Waals surface area contributed by atoms with Gasteiger partial charge < -0.3 is 19.0 Å². The number of aromatic nitrogens is 2. The van der Waals surface area contributed by atoms with Crippen LogP contribution in [0.1, 0.15) is 11.1 Å². The number of hydrogen-bond acceptors (Lipinski definition) is 7. The maximum Gasteiger partial charge on any atom is 0.276 e. The van der Waals surface area contributed by atoms with Crippen LogP contribution >= 0.6 is 11.8 Å². The molecule has 1 atom stereocenters. The second kappa shape index (κ2) is 9.65. The van der Waals surface area contributed by atoms with Gasteiger partial charge in [-0.2, -0.15) is 0 Å². The molecular weight excluding hydrogens is 448 g/mol. The summed E-state index contributed by atoms with van der Waals surface area (Å²) in [6, 6.07) is 19.3. The van der Waals surface area contributed by atoms with Crippen molar-refractivity contribution in [3.8, 4) is 39.8 Å². The molecule has 0 aliphatic carbocycles. The van der Waals surface area contributed by atoms with Crippen LogP contribution in [0.4, 0.5) is 0 Å². The molecule has 0 radical (unpaired) electrons. The van der Waals surface area contributed by atoms with Crippen LogP contribution in [0, 0.1) is 0 Å². The van der Waals surface area contributed by atoms with Crippen molar-refractivity contribution in [3.63, 3.8) is 0 Å². The molecule has 0 saturated carbocycles. The molecule has 1 N–H and O–H groups in total. The predicted molar refractivity (Wildman–Crippen MR) is 133 cm³/mol. The molecule has 0 unspecified atom stereocenters. The summed E-state index contributed by atoms with van der Waals surface area (Å²) in [7, 11) is 1.62. The Morgan fingerprint density at radius 1 is 1.12 bits per heavy atom. The lowest BCUT2D eigenvalue weighted by atomic mass is 9.98. The zero-order chi connectivity index (χ0) is 23.5. The highest BCUT2D eigenvalue weighted by Gasteiger charge is 2.25. The Morgan fingerprint density at radius 3 is 2.85 bits per heavy atom. The lowest BCUT2D eigenvalue weighted by Gasteiger charge is -2.09. The fourth-order valence-corrected chi connectivity index (χ4v) is 4.80. The molecule has 34 heavy (non-hydrogen) atoms. The molecule has 5 rings (SSSR count). The zero-order valence-electron chi connectivity index (χ0n) is 18.7. The molecule has 0 amide bonds. The minimum atomic E-state index is -0.00226. The fraction of sp³-hybridized carbons (Fsp3) is 0.185. The van der Waals surface area contributed by atoms with Gasteiger partial charge in [0.05, 0.1) is 12.7 Å². The minimum absolute atomic E-state index is 0.00226. The normalized spacial score (nSPS) is 14.4. The van der Waals surface area contributed by atoms with Crippen LogP contribution in [0.5, 0.6) is 17.2 Å². The van der Waals surface area contributed by atoms with Gasteiger partial charge in [-0.15, -0.1) is 16.8 Å². The van der Waals surface area contributed by atoms with E-state index < -0.39 is 0 Å². The molecule has 1 aliphatic heterocycles. The molecule has 6 nitrogen and oxygen atoms in total. The summed E-state index contributed by atoms with van der Waals surface area (Å²) in [6.07, 6.45) is 3.39. The number of methoxy groups -OCH3 is 1. The molecule has 0 spiro atoms. The van der Waals surface area contributed by atoms with Crippen molar-refractivity contribution in [1.82, 2.24) is 10.2 Å². The Kier molecular flexibility index (Phi) is 6.27. The third-order valence-electron chi connectivity index (χ3n) is 5.69. The predicted octanol–water partition coefficient (Wildman–Crippen LogP) is 5.94. The molecule has 4 aromatic rings. The van der Waals surface area contributed by atoms with Crippen molar-refractivity contribution in [2.75, 3.05) is 12.9 Å². The number of hydrogen-bond donors (Lipinski definition) is 1. The summed E-state index contributed by atoms with van der Waals surface area (Å²) < 4.78 is 17.4. The molecule has 0 bridgehead atoms. The quantitative estimate of drug-likeness (QED) is 0.251. The summed E-state index contributed by atoms with van der Waals surface area (Å²) >= 11 is 1.47. The van der Waals surface area contributed by atoms with Gasteiger partial charge in [-0.3, -0.25) is 0 Å². The number of benzene rings is 3. The molecule has 1 aliphatic rings. The first-order chi connectivity index (χ1) is 16.6. The Labute approximate surface area is 202 Å². The van der Waals surface area contributed by atoms with Crippen molar-refractivity contribution >= 4 is 11.8 Å². The minimum Gasteiger partial charge on any atom is -0.507 e. The Balaban J connectivity index is 1.26. The molecule has 172 valence electrons. The summed E-state index contributed by atoms with van der Waals surface area (Å²) in [5.41, 5.74) is 4.78. The second-order valence-corrected chi connectivity index (χ2v) is 8.97. The number of allylic oxidation sites excluding steroid dienone is 1. The van der Waals surface area contributed by atoms with Crippen molar-refractivity contribution < 1.29 is 19.0 Å². The third kappa shape index (κ3) is 4.52. The number of phenolic OH excluding ortho intramolecular Hbond substituents is 1. The summed E-state index contributed by atoms with van der Waals surface area (Å²) in [4.78, 5) is 0. The first-order valence-electron chi connectivity index (χ1n) is 11.0. The van der Waals surface area contributed by atoms with Gasteiger partial charge in [-0.05, 0) is 59.5 Å². The van der Waals surface area contributed by atoms with E-state index in [0.717, 1.165) is 46.4 Å². The number of phenols is 1. The van der Waals surface area contributed by atoms with Crippen molar-refractivity contribution in [1.29, 1.82) is 0 Å². The van der Waals surface area contributed by atoms with Gasteiger partial charge in [0.25, 0.3) is 11.1 Å². The van der Waals surface area contributed by atoms with E-state index in [-0.39, 0.29) is 11.9 Å². The molecule has 7 heteroatoms. The van der Waals surface area contributed by atoms with E-state index in [0.29, 0.717) is 22.6 Å². The Morgan fingerprint density at radius 2 is 2.00 bits per heavy atom. The highest BCUT2D eigenvalue weighted by Crippen LogP contribution is 2.38. The van der Waals surface area contributed by atoms with Crippen LogP contribution in [0.15, 0.2) is 83.0 Å². The fourth-order valence-electron chi connectivity index (χ4n) is 4.05. The second-order valence-electron chi connectivity index (χ2n) is 8.00. The van der Waals surface area contributed by atoms with Crippen LogP contribution < -0.4 is 9.47 Å². The van der Waals surface area contributed by atoms with E-state index in [9.17, 15) is 5.11 Å². The van der Waals surface area contributed by atoms with Gasteiger partial charge in [0, 0.05) is 17.7 Å². The molecule has 1 aromatic heterocycles. The lowest BCUT2D eigenvalue weighted by Crippen LogP contribution is -2.15. The first kappa shape index (κ1) is 22.1. The largest absolute Gasteiger partial charge is 0.507 e. The maximum atomic E-state index is 10.4. The highest BCUT2D eigenvalue weighted by molar-refractivity contribution is 7.99. The zero-order valence-corrected chi connectivity index (χ0v) is 19.5. The van der Waals surface area contributed by atoms with Crippen molar-refractivity contribution in [2.45, 2.75) is 24.2 Å². The van der Waals surface area contributed by atoms with E-state index in [1.165, 1.54) is 11.8 Å². The highest BCUT2D eigenvalue weighted by atomic mass is 32.2. The standard InChI is InChI=1S/C27H24N2O4S/c1-3-6-17-9-11-23(30)22(13-17)18-10-12-24-19(14-18)15-20(32-24)16-34-27-29-28-26(33-27)21-7-4-5-8-25(21)31-2/h3-5,7-14,20,30H,1,6,15-16H2,2H3/t20-/m0/s1. The summed E-state index contributed by atoms with van der Waals surface area (Å²) in [5, 5.41) is 19.2. The van der Waals surface area contributed by atoms with Crippen LogP contribution in [-0.4, -0.2) is 34.3 Å². The Hall–Kier alpha value is -3.71. The number of aromatic hydroxyl groups is 1. The van der Waals surface area contributed by atoms with Gasteiger partial charge in [0.2, 0.25) is 0 Å². The summed E-state index contributed by atoms with van der Waals surface area (Å²) in [6.45, 7) is 3.80. The van der Waals surface area contributed by atoms with Crippen molar-refractivity contribution in [2.24, 2.45) is 0 Å². The van der Waals surface area contributed by atoms with E-state index in [1.54, 1.807) is 13.2 Å². The van der Waals surface area contributed by atoms with Crippen LogP contribution in [0.3, 0.4) is 0 Å². The molecule has 2 heterocycles. The molecule has 3 aromatic carbocycles. The van der Waals surface area contributed by atoms with Gasteiger partial charge in [0.1, 0.15) is 23.4 Å². The molecular formula is C27H24N2O4S. The molecule has 0 fully saturated rings. The maximum absolute atomic E-state index is 10.4. The average Bonchev–Trinajstić information content (AvgIpc) is 3.50. The van der Waals surface area contributed by atoms with E-state index in [2.05, 4.69) is 22.8 Å². The van der Waals surface area contributed by atoms with Gasteiger partial charge in [-0.1, -0.05) is 42.1 Å². The number of fused-ring (bicyclic) bond motifs is 1.